The maximum atomic E-state index is 12.6. The molecule has 1 atom stereocenters. The summed E-state index contributed by atoms with van der Waals surface area (Å²) in [6, 6.07) is 10.9. The molecule has 0 spiro atoms. The average molecular weight is 339 g/mol. The largest absolute Gasteiger partial charge is 0.372 e. The number of para-hydroxylation sites is 1. The third-order valence-electron chi connectivity index (χ3n) is 4.60. The van der Waals surface area contributed by atoms with Gasteiger partial charge in [0.1, 0.15) is 6.23 Å². The first-order valence-electron chi connectivity index (χ1n) is 8.50. The van der Waals surface area contributed by atoms with Gasteiger partial charge in [-0.1, -0.05) is 12.1 Å². The van der Waals surface area contributed by atoms with Gasteiger partial charge in [0.15, 0.2) is 5.82 Å². The van der Waals surface area contributed by atoms with Crippen molar-refractivity contribution in [1.29, 1.82) is 0 Å². The van der Waals surface area contributed by atoms with Gasteiger partial charge in [-0.05, 0) is 24.3 Å². The Balaban J connectivity index is 1.74. The summed E-state index contributed by atoms with van der Waals surface area (Å²) in [7, 11) is 0. The van der Waals surface area contributed by atoms with Gasteiger partial charge < -0.3 is 15.7 Å². The molecule has 0 saturated carbocycles. The highest BCUT2D eigenvalue weighted by Crippen LogP contribution is 2.37. The van der Waals surface area contributed by atoms with Gasteiger partial charge in [-0.25, -0.2) is 4.98 Å². The molecule has 4 rings (SSSR count). The summed E-state index contributed by atoms with van der Waals surface area (Å²) in [6.07, 6.45) is 0.865. The van der Waals surface area contributed by atoms with Crippen LogP contribution in [0.2, 0.25) is 0 Å². The number of nitrogens with zero attached hydrogens (tertiary/aromatic N) is 3. The number of benzene rings is 1. The molecule has 1 unspecified atom stereocenters. The highest BCUT2D eigenvalue weighted by molar-refractivity contribution is 6.12. The number of hydrogen-bond acceptors (Lipinski definition) is 6. The second-order valence-corrected chi connectivity index (χ2v) is 6.25. The van der Waals surface area contributed by atoms with Crippen LogP contribution in [0.3, 0.4) is 0 Å². The summed E-state index contributed by atoms with van der Waals surface area (Å²) in [5, 5.41) is 17.2. The fourth-order valence-electron chi connectivity index (χ4n) is 3.37. The maximum absolute atomic E-state index is 12.6. The molecule has 2 aromatic rings. The van der Waals surface area contributed by atoms with Gasteiger partial charge in [-0.3, -0.25) is 14.6 Å². The van der Waals surface area contributed by atoms with Crippen LogP contribution in [0, 0.1) is 0 Å². The van der Waals surface area contributed by atoms with Crippen LogP contribution >= 0.6 is 0 Å². The highest BCUT2D eigenvalue weighted by atomic mass is 16.3. The third kappa shape index (κ3) is 3.09. The van der Waals surface area contributed by atoms with Crippen molar-refractivity contribution in [3.8, 4) is 0 Å². The number of pyridine rings is 1. The number of aromatic nitrogens is 1. The van der Waals surface area contributed by atoms with E-state index in [0.717, 1.165) is 26.2 Å². The lowest BCUT2D eigenvalue weighted by Gasteiger charge is -2.35. The van der Waals surface area contributed by atoms with Gasteiger partial charge in [0.2, 0.25) is 0 Å². The van der Waals surface area contributed by atoms with Crippen LogP contribution in [0.25, 0.3) is 0 Å². The molecule has 1 aromatic heterocycles. The van der Waals surface area contributed by atoms with E-state index in [4.69, 9.17) is 0 Å². The Kier molecular flexibility index (Phi) is 4.35. The Morgan fingerprint density at radius 2 is 1.96 bits per heavy atom. The first-order valence-corrected chi connectivity index (χ1v) is 8.50. The molecule has 1 saturated heterocycles. The number of nitrogens with one attached hydrogen (secondary N) is 2. The predicted octanol–water partition coefficient (Wildman–Crippen LogP) is 1.01. The lowest BCUT2D eigenvalue weighted by molar-refractivity contribution is 0.102. The quantitative estimate of drug-likeness (QED) is 0.774. The lowest BCUT2D eigenvalue weighted by atomic mass is 10.1. The van der Waals surface area contributed by atoms with E-state index in [9.17, 15) is 9.90 Å². The lowest BCUT2D eigenvalue weighted by Crippen LogP contribution is -2.49. The standard InChI is InChI=1S/C18H21N5O2/c24-16(12-22-10-8-19-9-11-22)23-15-6-2-1-4-13(15)18(25)21-14-5-3-7-20-17(14)23/h1-7,16,19,24H,8-12H2,(H,21,25). The molecule has 3 N–H and O–H groups in total. The molecule has 2 aliphatic rings. The van der Waals surface area contributed by atoms with E-state index in [0.29, 0.717) is 29.3 Å². The van der Waals surface area contributed by atoms with Crippen molar-refractivity contribution in [1.82, 2.24) is 15.2 Å². The monoisotopic (exact) mass is 339 g/mol. The number of amides is 1. The number of piperazine rings is 1. The number of aliphatic hydroxyl groups is 1. The number of aliphatic hydroxyl groups excluding tert-OH is 1. The Hall–Kier alpha value is -2.48. The van der Waals surface area contributed by atoms with Gasteiger partial charge >= 0.3 is 0 Å². The van der Waals surface area contributed by atoms with Crippen LogP contribution in [-0.4, -0.2) is 59.8 Å². The van der Waals surface area contributed by atoms with Gasteiger partial charge in [-0.15, -0.1) is 0 Å². The second kappa shape index (κ2) is 6.79. The van der Waals surface area contributed by atoms with Crippen molar-refractivity contribution in [3.63, 3.8) is 0 Å². The molecule has 0 bridgehead atoms. The summed E-state index contributed by atoms with van der Waals surface area (Å²) in [5.41, 5.74) is 1.79. The van der Waals surface area contributed by atoms with Gasteiger partial charge in [0.25, 0.3) is 5.91 Å². The van der Waals surface area contributed by atoms with Crippen molar-refractivity contribution in [3.05, 3.63) is 48.2 Å². The zero-order valence-corrected chi connectivity index (χ0v) is 13.9. The summed E-state index contributed by atoms with van der Waals surface area (Å²) in [6.45, 7) is 4.09. The van der Waals surface area contributed by atoms with E-state index in [-0.39, 0.29) is 5.91 Å². The Morgan fingerprint density at radius 3 is 2.80 bits per heavy atom. The van der Waals surface area contributed by atoms with E-state index in [1.165, 1.54) is 0 Å². The first-order chi connectivity index (χ1) is 12.2. The van der Waals surface area contributed by atoms with Crippen LogP contribution in [0.5, 0.6) is 0 Å². The number of carbonyl (C=O) groups excluding carboxylic acids is 1. The summed E-state index contributed by atoms with van der Waals surface area (Å²) in [5.74, 6) is 0.366. The SMILES string of the molecule is O=C1Nc2cccnc2N(C(O)CN2CCNCC2)c2ccccc21. The van der Waals surface area contributed by atoms with Crippen molar-refractivity contribution in [2.45, 2.75) is 6.23 Å². The van der Waals surface area contributed by atoms with E-state index in [1.54, 1.807) is 29.3 Å². The van der Waals surface area contributed by atoms with Gasteiger partial charge in [0, 0.05) is 38.9 Å². The fraction of sp³-hybridized carbons (Fsp3) is 0.333. The Labute approximate surface area is 146 Å². The summed E-state index contributed by atoms with van der Waals surface area (Å²) in [4.78, 5) is 21.0. The minimum atomic E-state index is -0.805. The normalized spacial score (nSPS) is 18.8. The summed E-state index contributed by atoms with van der Waals surface area (Å²) < 4.78 is 0. The van der Waals surface area contributed by atoms with Gasteiger partial charge in [-0.2, -0.15) is 0 Å². The van der Waals surface area contributed by atoms with Crippen LogP contribution in [-0.2, 0) is 0 Å². The van der Waals surface area contributed by atoms with Crippen molar-refractivity contribution < 1.29 is 9.90 Å². The van der Waals surface area contributed by atoms with Crippen LogP contribution in [0.4, 0.5) is 17.2 Å². The number of rotatable bonds is 3. The Morgan fingerprint density at radius 1 is 1.16 bits per heavy atom. The number of carbonyl (C=O) groups is 1. The molecule has 7 heteroatoms. The zero-order valence-electron chi connectivity index (χ0n) is 13.9. The molecule has 25 heavy (non-hydrogen) atoms. The second-order valence-electron chi connectivity index (χ2n) is 6.25. The van der Waals surface area contributed by atoms with E-state index >= 15 is 0 Å². The fourth-order valence-corrected chi connectivity index (χ4v) is 3.37. The summed E-state index contributed by atoms with van der Waals surface area (Å²) >= 11 is 0. The van der Waals surface area contributed by atoms with Crippen molar-refractivity contribution >= 4 is 23.1 Å². The predicted molar refractivity (Wildman–Crippen MR) is 96.1 cm³/mol. The third-order valence-corrected chi connectivity index (χ3v) is 4.60. The molecule has 1 fully saturated rings. The van der Waals surface area contributed by atoms with Crippen LogP contribution < -0.4 is 15.5 Å². The van der Waals surface area contributed by atoms with E-state index < -0.39 is 6.23 Å². The molecule has 1 amide bonds. The topological polar surface area (TPSA) is 80.7 Å². The Bertz CT molecular complexity index is 776. The molecular weight excluding hydrogens is 318 g/mol. The minimum Gasteiger partial charge on any atom is -0.372 e. The van der Waals surface area contributed by atoms with Gasteiger partial charge in [0.05, 0.1) is 16.9 Å². The number of β-amino-alcohol motifs (C(OH)–C–C–N with tert-alkyl or cyclic N) is 1. The molecule has 3 heterocycles. The van der Waals surface area contributed by atoms with Crippen molar-refractivity contribution in [2.24, 2.45) is 0 Å². The minimum absolute atomic E-state index is 0.193. The molecule has 0 radical (unpaired) electrons. The number of hydrogen-bond donors (Lipinski definition) is 3. The molecule has 1 aromatic carbocycles. The molecule has 2 aliphatic heterocycles. The van der Waals surface area contributed by atoms with E-state index in [2.05, 4.69) is 20.5 Å². The maximum Gasteiger partial charge on any atom is 0.257 e. The van der Waals surface area contributed by atoms with Crippen molar-refractivity contribution in [2.75, 3.05) is 42.9 Å². The highest BCUT2D eigenvalue weighted by Gasteiger charge is 2.31. The van der Waals surface area contributed by atoms with Crippen LogP contribution in [0.1, 0.15) is 10.4 Å². The van der Waals surface area contributed by atoms with E-state index in [1.807, 2.05) is 18.2 Å². The molecule has 130 valence electrons. The average Bonchev–Trinajstić information content (AvgIpc) is 2.76. The molecule has 7 nitrogen and oxygen atoms in total. The molecular formula is C18H21N5O2. The first kappa shape index (κ1) is 16.0. The zero-order chi connectivity index (χ0) is 17.2. The smallest absolute Gasteiger partial charge is 0.257 e. The number of fused-ring (bicyclic) bond motifs is 2. The molecule has 0 aliphatic carbocycles. The van der Waals surface area contributed by atoms with Crippen LogP contribution in [0.15, 0.2) is 42.6 Å². The number of anilines is 3.